The van der Waals surface area contributed by atoms with Crippen molar-refractivity contribution < 1.29 is 24.2 Å². The number of unbranched alkanes of at least 4 members (excludes halogenated alkanes) is 41. The summed E-state index contributed by atoms with van der Waals surface area (Å²) in [5.41, 5.74) is 0. The molecule has 1 atom stereocenters. The van der Waals surface area contributed by atoms with E-state index in [-0.39, 0.29) is 25.2 Å². The van der Waals surface area contributed by atoms with E-state index < -0.39 is 6.10 Å². The molecule has 0 spiro atoms. The number of esters is 2. The van der Waals surface area contributed by atoms with Crippen LogP contribution < -0.4 is 0 Å². The summed E-state index contributed by atoms with van der Waals surface area (Å²) in [6, 6.07) is 0. The Hall–Kier alpha value is -3.44. The first-order valence-electron chi connectivity index (χ1n) is 36.4. The minimum atomic E-state index is -0.777. The van der Waals surface area contributed by atoms with Gasteiger partial charge < -0.3 is 14.6 Å². The van der Waals surface area contributed by atoms with Gasteiger partial charge in [-0.2, -0.15) is 0 Å². The smallest absolute Gasteiger partial charge is 0.306 e. The molecular weight excluding hydrogens is 1030 g/mol. The molecule has 0 radical (unpaired) electrons. The topological polar surface area (TPSA) is 72.8 Å². The van der Waals surface area contributed by atoms with E-state index in [2.05, 4.69) is 123 Å². The van der Waals surface area contributed by atoms with Gasteiger partial charge >= 0.3 is 11.9 Å². The first kappa shape index (κ1) is 80.6. The van der Waals surface area contributed by atoms with Crippen LogP contribution in [0.25, 0.3) is 0 Å². The first-order chi connectivity index (χ1) is 41.6. The van der Waals surface area contributed by atoms with Gasteiger partial charge in [-0.05, 0) is 96.3 Å². The van der Waals surface area contributed by atoms with Crippen LogP contribution in [0.4, 0.5) is 0 Å². The molecule has 0 bridgehead atoms. The van der Waals surface area contributed by atoms with E-state index >= 15 is 0 Å². The van der Waals surface area contributed by atoms with E-state index in [9.17, 15) is 14.7 Å². The van der Waals surface area contributed by atoms with Crippen LogP contribution in [0.3, 0.4) is 0 Å². The lowest BCUT2D eigenvalue weighted by Crippen LogP contribution is -2.28. The third-order valence-electron chi connectivity index (χ3n) is 16.1. The van der Waals surface area contributed by atoms with E-state index in [1.807, 2.05) is 0 Å². The Morgan fingerprint density at radius 3 is 0.714 bits per heavy atom. The molecule has 0 rings (SSSR count). The van der Waals surface area contributed by atoms with Gasteiger partial charge in [0.05, 0.1) is 6.61 Å². The highest BCUT2D eigenvalue weighted by molar-refractivity contribution is 5.70. The largest absolute Gasteiger partial charge is 0.462 e. The molecule has 5 heteroatoms. The molecular formula is C79H138O5. The summed E-state index contributed by atoms with van der Waals surface area (Å²) >= 11 is 0. The molecule has 5 nitrogen and oxygen atoms in total. The third kappa shape index (κ3) is 71.0. The van der Waals surface area contributed by atoms with Crippen molar-refractivity contribution in [3.63, 3.8) is 0 Å². The number of hydrogen-bond acceptors (Lipinski definition) is 5. The maximum Gasteiger partial charge on any atom is 0.306 e. The molecule has 0 saturated heterocycles. The molecule has 0 aliphatic rings. The van der Waals surface area contributed by atoms with E-state index in [0.717, 1.165) is 96.3 Å². The highest BCUT2D eigenvalue weighted by atomic mass is 16.6. The number of allylic oxidation sites excluding steroid dienone is 18. The lowest BCUT2D eigenvalue weighted by molar-refractivity contribution is -0.161. The predicted octanol–water partition coefficient (Wildman–Crippen LogP) is 25.5. The summed E-state index contributed by atoms with van der Waals surface area (Å²) in [6.45, 7) is 3.95. The molecule has 0 aliphatic carbocycles. The Labute approximate surface area is 522 Å². The first-order valence-corrected chi connectivity index (χ1v) is 36.4. The van der Waals surface area contributed by atoms with Gasteiger partial charge in [0, 0.05) is 12.8 Å². The predicted molar refractivity (Wildman–Crippen MR) is 371 cm³/mol. The van der Waals surface area contributed by atoms with Crippen LogP contribution in [-0.2, 0) is 19.1 Å². The zero-order valence-corrected chi connectivity index (χ0v) is 55.6. The van der Waals surface area contributed by atoms with Crippen LogP contribution in [0.1, 0.15) is 361 Å². The van der Waals surface area contributed by atoms with Gasteiger partial charge in [-0.15, -0.1) is 0 Å². The van der Waals surface area contributed by atoms with Crippen LogP contribution in [-0.4, -0.2) is 36.4 Å². The Morgan fingerprint density at radius 2 is 0.476 bits per heavy atom. The van der Waals surface area contributed by atoms with Crippen LogP contribution in [0.15, 0.2) is 109 Å². The summed E-state index contributed by atoms with van der Waals surface area (Å²) in [6.07, 6.45) is 107. The second kappa shape index (κ2) is 73.8. The van der Waals surface area contributed by atoms with Crippen molar-refractivity contribution in [1.82, 2.24) is 0 Å². The van der Waals surface area contributed by atoms with E-state index in [1.165, 1.54) is 238 Å². The standard InChI is InChI=1S/C79H138O5/c1-3-5-7-9-11-13-15-17-19-21-23-25-27-29-31-33-34-35-36-37-38-39-40-41-42-43-44-46-47-49-51-53-55-57-59-61-63-65-67-69-71-73-78(81)83-76-77(75-80)84-79(82)74-72-70-68-66-64-62-60-58-56-54-52-50-48-45-32-30-28-26-24-22-20-18-16-14-12-10-8-6-4-2/h5-8,11-14,17-20,23-26,30,32,77,80H,3-4,9-10,15-16,21-22,27-29,31,33-76H2,1-2H3/b7-5-,8-6-,13-11-,14-12-,19-17-,20-18-,25-23-,26-24-,32-30-. The molecule has 1 N–H and O–H groups in total. The van der Waals surface area contributed by atoms with Gasteiger partial charge in [0.15, 0.2) is 6.10 Å². The molecule has 1 unspecified atom stereocenters. The molecule has 0 aromatic rings. The number of aliphatic hydroxyl groups excluding tert-OH is 1. The number of carbonyl (C=O) groups excluding carboxylic acids is 2. The van der Waals surface area contributed by atoms with Gasteiger partial charge in [-0.1, -0.05) is 361 Å². The summed E-state index contributed by atoms with van der Waals surface area (Å²) in [5, 5.41) is 9.71. The zero-order chi connectivity index (χ0) is 60.5. The van der Waals surface area contributed by atoms with E-state index in [4.69, 9.17) is 9.47 Å². The van der Waals surface area contributed by atoms with Crippen molar-refractivity contribution >= 4 is 11.9 Å². The maximum absolute atomic E-state index is 12.4. The van der Waals surface area contributed by atoms with E-state index in [0.29, 0.717) is 12.8 Å². The van der Waals surface area contributed by atoms with Gasteiger partial charge in [0.1, 0.15) is 6.61 Å². The van der Waals surface area contributed by atoms with E-state index in [1.54, 1.807) is 0 Å². The number of hydrogen-bond donors (Lipinski definition) is 1. The summed E-state index contributed by atoms with van der Waals surface area (Å²) in [5.74, 6) is -0.578. The highest BCUT2D eigenvalue weighted by Gasteiger charge is 2.16. The Bertz CT molecular complexity index is 1610. The lowest BCUT2D eigenvalue weighted by atomic mass is 10.0. The molecule has 0 aromatic carbocycles. The van der Waals surface area contributed by atoms with Crippen LogP contribution in [0, 0.1) is 0 Å². The summed E-state index contributed by atoms with van der Waals surface area (Å²) in [4.78, 5) is 24.7. The normalized spacial score (nSPS) is 12.8. The molecule has 0 saturated carbocycles. The Balaban J connectivity index is 3.41. The van der Waals surface area contributed by atoms with Gasteiger partial charge in [0.25, 0.3) is 0 Å². The quantitative estimate of drug-likeness (QED) is 0.0373. The van der Waals surface area contributed by atoms with Crippen molar-refractivity contribution in [2.24, 2.45) is 0 Å². The number of carbonyl (C=O) groups is 2. The number of ether oxygens (including phenoxy) is 2. The number of rotatable bonds is 67. The molecule has 0 aliphatic heterocycles. The van der Waals surface area contributed by atoms with Crippen molar-refractivity contribution in [3.05, 3.63) is 109 Å². The highest BCUT2D eigenvalue weighted by Crippen LogP contribution is 2.19. The van der Waals surface area contributed by atoms with Gasteiger partial charge in [-0.25, -0.2) is 0 Å². The summed E-state index contributed by atoms with van der Waals surface area (Å²) < 4.78 is 10.8. The fraction of sp³-hybridized carbons (Fsp3) is 0.747. The molecule has 0 heterocycles. The second-order valence-electron chi connectivity index (χ2n) is 24.3. The van der Waals surface area contributed by atoms with Crippen molar-refractivity contribution in [2.45, 2.75) is 367 Å². The average molecular weight is 1170 g/mol. The van der Waals surface area contributed by atoms with Crippen LogP contribution >= 0.6 is 0 Å². The Morgan fingerprint density at radius 1 is 0.274 bits per heavy atom. The molecule has 84 heavy (non-hydrogen) atoms. The minimum absolute atomic E-state index is 0.0655. The summed E-state index contributed by atoms with van der Waals surface area (Å²) in [7, 11) is 0. The van der Waals surface area contributed by atoms with Crippen molar-refractivity contribution in [3.8, 4) is 0 Å². The maximum atomic E-state index is 12.4. The van der Waals surface area contributed by atoms with Crippen LogP contribution in [0.5, 0.6) is 0 Å². The van der Waals surface area contributed by atoms with Crippen molar-refractivity contribution in [1.29, 1.82) is 0 Å². The Kier molecular flexibility index (Phi) is 70.8. The zero-order valence-electron chi connectivity index (χ0n) is 55.6. The number of aliphatic hydroxyl groups is 1. The molecule has 0 amide bonds. The second-order valence-corrected chi connectivity index (χ2v) is 24.3. The lowest BCUT2D eigenvalue weighted by Gasteiger charge is -2.15. The SMILES string of the molecule is CC/C=C\C/C=C\C/C=C\C/C=C\C/C=C\CCCCCCCCCCCCCCCC(=O)OC(CO)COC(=O)CCCCCCCCCCCCCCCCCCCCCCCCCCCCCC/C=C\C/C=C\C/C=C\C/C=C\CC. The fourth-order valence-corrected chi connectivity index (χ4v) is 10.7. The molecule has 484 valence electrons. The van der Waals surface area contributed by atoms with Gasteiger partial charge in [-0.3, -0.25) is 9.59 Å². The fourth-order valence-electron chi connectivity index (χ4n) is 10.7. The average Bonchev–Trinajstić information content (AvgIpc) is 3.51. The molecule has 0 aromatic heterocycles. The minimum Gasteiger partial charge on any atom is -0.462 e. The van der Waals surface area contributed by atoms with Crippen LogP contribution in [0.2, 0.25) is 0 Å². The van der Waals surface area contributed by atoms with Gasteiger partial charge in [0.2, 0.25) is 0 Å². The monoisotopic (exact) mass is 1170 g/mol. The molecule has 0 fully saturated rings. The van der Waals surface area contributed by atoms with Crippen molar-refractivity contribution in [2.75, 3.05) is 13.2 Å². The third-order valence-corrected chi connectivity index (χ3v) is 16.1.